The molecular formula is C17H20N4O2. The maximum absolute atomic E-state index is 11.9. The van der Waals surface area contributed by atoms with E-state index in [9.17, 15) is 9.90 Å². The number of carbonyl (C=O) groups is 1. The molecule has 0 saturated carbocycles. The zero-order chi connectivity index (χ0) is 16.7. The SMILES string of the molecule is Cc1ccc(NC(N)=NCCNC(=O)c2ccccc2O)cc1. The minimum Gasteiger partial charge on any atom is -0.507 e. The van der Waals surface area contributed by atoms with E-state index < -0.39 is 0 Å². The van der Waals surface area contributed by atoms with E-state index in [0.717, 1.165) is 11.3 Å². The van der Waals surface area contributed by atoms with Crippen molar-refractivity contribution in [3.05, 3.63) is 59.7 Å². The van der Waals surface area contributed by atoms with Crippen LogP contribution in [0.5, 0.6) is 5.75 Å². The number of para-hydroxylation sites is 1. The van der Waals surface area contributed by atoms with Crippen molar-refractivity contribution in [2.24, 2.45) is 10.7 Å². The molecule has 2 aromatic carbocycles. The lowest BCUT2D eigenvalue weighted by Crippen LogP contribution is -2.28. The topological polar surface area (TPSA) is 99.7 Å². The molecule has 0 aliphatic rings. The Labute approximate surface area is 135 Å². The highest BCUT2D eigenvalue weighted by atomic mass is 16.3. The molecule has 0 bridgehead atoms. The third-order valence-electron chi connectivity index (χ3n) is 3.15. The van der Waals surface area contributed by atoms with E-state index in [1.54, 1.807) is 18.2 Å². The third kappa shape index (κ3) is 5.03. The van der Waals surface area contributed by atoms with Crippen molar-refractivity contribution in [2.45, 2.75) is 6.92 Å². The molecule has 23 heavy (non-hydrogen) atoms. The van der Waals surface area contributed by atoms with Crippen LogP contribution >= 0.6 is 0 Å². The van der Waals surface area contributed by atoms with E-state index in [0.29, 0.717) is 13.1 Å². The van der Waals surface area contributed by atoms with Crippen LogP contribution in [0.3, 0.4) is 0 Å². The first-order valence-electron chi connectivity index (χ1n) is 7.26. The number of nitrogens with two attached hydrogens (primary N) is 1. The van der Waals surface area contributed by atoms with Gasteiger partial charge < -0.3 is 21.5 Å². The fourth-order valence-electron chi connectivity index (χ4n) is 1.93. The summed E-state index contributed by atoms with van der Waals surface area (Å²) in [5.74, 6) is -0.108. The molecule has 0 spiro atoms. The molecule has 0 aliphatic heterocycles. The van der Waals surface area contributed by atoms with E-state index in [1.807, 2.05) is 31.2 Å². The highest BCUT2D eigenvalue weighted by Gasteiger charge is 2.08. The van der Waals surface area contributed by atoms with Crippen molar-refractivity contribution in [3.63, 3.8) is 0 Å². The number of benzene rings is 2. The van der Waals surface area contributed by atoms with Crippen LogP contribution in [0.25, 0.3) is 0 Å². The second-order valence-electron chi connectivity index (χ2n) is 5.03. The lowest BCUT2D eigenvalue weighted by atomic mass is 10.2. The van der Waals surface area contributed by atoms with Gasteiger partial charge in [-0.25, -0.2) is 0 Å². The van der Waals surface area contributed by atoms with E-state index in [-0.39, 0.29) is 23.2 Å². The number of amides is 1. The number of hydrogen-bond acceptors (Lipinski definition) is 3. The Morgan fingerprint density at radius 2 is 1.87 bits per heavy atom. The van der Waals surface area contributed by atoms with Crippen LogP contribution in [0.4, 0.5) is 5.69 Å². The van der Waals surface area contributed by atoms with Crippen LogP contribution in [0.1, 0.15) is 15.9 Å². The van der Waals surface area contributed by atoms with Crippen LogP contribution < -0.4 is 16.4 Å². The van der Waals surface area contributed by atoms with Gasteiger partial charge in [0.25, 0.3) is 5.91 Å². The van der Waals surface area contributed by atoms with Gasteiger partial charge in [-0.1, -0.05) is 29.8 Å². The number of anilines is 1. The van der Waals surface area contributed by atoms with Gasteiger partial charge in [-0.15, -0.1) is 0 Å². The predicted molar refractivity (Wildman–Crippen MR) is 91.7 cm³/mol. The molecular weight excluding hydrogens is 292 g/mol. The second kappa shape index (κ2) is 7.84. The first-order chi connectivity index (χ1) is 11.1. The number of aryl methyl sites for hydroxylation is 1. The normalized spacial score (nSPS) is 11.1. The summed E-state index contributed by atoms with van der Waals surface area (Å²) in [7, 11) is 0. The highest BCUT2D eigenvalue weighted by molar-refractivity contribution is 5.96. The quantitative estimate of drug-likeness (QED) is 0.384. The number of carbonyl (C=O) groups excluding carboxylic acids is 1. The van der Waals surface area contributed by atoms with Gasteiger partial charge in [0.1, 0.15) is 5.75 Å². The van der Waals surface area contributed by atoms with Crippen molar-refractivity contribution in [2.75, 3.05) is 18.4 Å². The van der Waals surface area contributed by atoms with E-state index >= 15 is 0 Å². The van der Waals surface area contributed by atoms with Gasteiger partial charge in [-0.05, 0) is 31.2 Å². The predicted octanol–water partition coefficient (Wildman–Crippen LogP) is 1.86. The Balaban J connectivity index is 1.78. The molecule has 2 rings (SSSR count). The number of aliphatic imine (C=N–C) groups is 1. The molecule has 0 saturated heterocycles. The number of nitrogens with one attached hydrogen (secondary N) is 2. The van der Waals surface area contributed by atoms with E-state index in [2.05, 4.69) is 15.6 Å². The molecule has 0 heterocycles. The molecule has 0 aliphatic carbocycles. The molecule has 2 aromatic rings. The molecule has 5 N–H and O–H groups in total. The van der Waals surface area contributed by atoms with E-state index in [4.69, 9.17) is 5.73 Å². The average Bonchev–Trinajstić information content (AvgIpc) is 2.54. The molecule has 0 fully saturated rings. The number of aromatic hydroxyl groups is 1. The summed E-state index contributed by atoms with van der Waals surface area (Å²) in [6.07, 6.45) is 0. The van der Waals surface area contributed by atoms with Gasteiger partial charge >= 0.3 is 0 Å². The number of phenolic OH excluding ortho intramolecular Hbond substituents is 1. The van der Waals surface area contributed by atoms with Crippen LogP contribution in [-0.4, -0.2) is 30.1 Å². The molecule has 6 heteroatoms. The zero-order valence-electron chi connectivity index (χ0n) is 12.9. The van der Waals surface area contributed by atoms with Gasteiger partial charge in [-0.2, -0.15) is 0 Å². The maximum Gasteiger partial charge on any atom is 0.255 e. The Bertz CT molecular complexity index is 696. The fraction of sp³-hybridized carbons (Fsp3) is 0.176. The maximum atomic E-state index is 11.9. The summed E-state index contributed by atoms with van der Waals surface area (Å²) in [5.41, 5.74) is 8.04. The Kier molecular flexibility index (Phi) is 5.57. The Hall–Kier alpha value is -3.02. The average molecular weight is 312 g/mol. The van der Waals surface area contributed by atoms with Gasteiger partial charge in [0.2, 0.25) is 0 Å². The Morgan fingerprint density at radius 1 is 1.17 bits per heavy atom. The van der Waals surface area contributed by atoms with Gasteiger partial charge in [-0.3, -0.25) is 9.79 Å². The number of hydrogen-bond donors (Lipinski definition) is 4. The number of nitrogens with zero attached hydrogens (tertiary/aromatic N) is 1. The van der Waals surface area contributed by atoms with Gasteiger partial charge in [0.15, 0.2) is 5.96 Å². The summed E-state index contributed by atoms with van der Waals surface area (Å²) in [6.45, 7) is 2.67. The van der Waals surface area contributed by atoms with Gasteiger partial charge in [0.05, 0.1) is 12.1 Å². The van der Waals surface area contributed by atoms with Crippen molar-refractivity contribution in [3.8, 4) is 5.75 Å². The van der Waals surface area contributed by atoms with Gasteiger partial charge in [0, 0.05) is 12.2 Å². The number of guanidine groups is 1. The molecule has 0 atom stereocenters. The lowest BCUT2D eigenvalue weighted by Gasteiger charge is -2.07. The summed E-state index contributed by atoms with van der Waals surface area (Å²) < 4.78 is 0. The Morgan fingerprint density at radius 3 is 2.57 bits per heavy atom. The van der Waals surface area contributed by atoms with E-state index in [1.165, 1.54) is 6.07 Å². The van der Waals surface area contributed by atoms with Crippen molar-refractivity contribution in [1.82, 2.24) is 5.32 Å². The van der Waals surface area contributed by atoms with Crippen LogP contribution in [-0.2, 0) is 0 Å². The summed E-state index contributed by atoms with van der Waals surface area (Å²) in [5, 5.41) is 15.2. The lowest BCUT2D eigenvalue weighted by molar-refractivity contribution is 0.0952. The molecule has 120 valence electrons. The second-order valence-corrected chi connectivity index (χ2v) is 5.03. The molecule has 0 radical (unpaired) electrons. The van der Waals surface area contributed by atoms with Crippen LogP contribution in [0, 0.1) is 6.92 Å². The standard InChI is InChI=1S/C17H20N4O2/c1-12-6-8-13(9-7-12)21-17(18)20-11-10-19-16(23)14-4-2-3-5-15(14)22/h2-9,22H,10-11H2,1H3,(H,19,23)(H3,18,20,21). The smallest absolute Gasteiger partial charge is 0.255 e. The fourth-order valence-corrected chi connectivity index (χ4v) is 1.93. The van der Waals surface area contributed by atoms with Crippen molar-refractivity contribution in [1.29, 1.82) is 0 Å². The molecule has 1 amide bonds. The zero-order valence-corrected chi connectivity index (χ0v) is 12.9. The first-order valence-corrected chi connectivity index (χ1v) is 7.26. The molecule has 0 unspecified atom stereocenters. The van der Waals surface area contributed by atoms with Crippen LogP contribution in [0.15, 0.2) is 53.5 Å². The highest BCUT2D eigenvalue weighted by Crippen LogP contribution is 2.14. The first kappa shape index (κ1) is 16.4. The van der Waals surface area contributed by atoms with Crippen molar-refractivity contribution < 1.29 is 9.90 Å². The minimum atomic E-state index is -0.344. The summed E-state index contributed by atoms with van der Waals surface area (Å²) in [6, 6.07) is 14.2. The summed E-state index contributed by atoms with van der Waals surface area (Å²) in [4.78, 5) is 16.0. The summed E-state index contributed by atoms with van der Waals surface area (Å²) >= 11 is 0. The van der Waals surface area contributed by atoms with Crippen molar-refractivity contribution >= 4 is 17.6 Å². The minimum absolute atomic E-state index is 0.0472. The molecule has 0 aromatic heterocycles. The number of phenols is 1. The molecule has 6 nitrogen and oxygen atoms in total. The monoisotopic (exact) mass is 312 g/mol. The largest absolute Gasteiger partial charge is 0.507 e. The number of rotatable bonds is 5. The third-order valence-corrected chi connectivity index (χ3v) is 3.15. The van der Waals surface area contributed by atoms with Crippen LogP contribution in [0.2, 0.25) is 0 Å².